The van der Waals surface area contributed by atoms with Crippen molar-refractivity contribution in [3.8, 4) is 11.3 Å². The highest BCUT2D eigenvalue weighted by atomic mass is 19.1. The Morgan fingerprint density at radius 2 is 1.74 bits per heavy atom. The first-order valence-corrected chi connectivity index (χ1v) is 15.0. The molecule has 0 unspecified atom stereocenters. The lowest BCUT2D eigenvalue weighted by atomic mass is 9.84. The summed E-state index contributed by atoms with van der Waals surface area (Å²) in [5, 5.41) is 11.3. The lowest BCUT2D eigenvalue weighted by molar-refractivity contribution is -0.134. The maximum atomic E-state index is 14.3. The minimum absolute atomic E-state index is 0.140. The molecule has 0 N–H and O–H groups in total. The second-order valence-corrected chi connectivity index (χ2v) is 11.9. The van der Waals surface area contributed by atoms with E-state index in [0.717, 1.165) is 49.3 Å². The molecule has 8 nitrogen and oxygen atoms in total. The highest BCUT2D eigenvalue weighted by Gasteiger charge is 2.54. The van der Waals surface area contributed by atoms with E-state index < -0.39 is 5.54 Å². The number of amides is 1. The molecular weight excluding hydrogens is 541 g/mol. The van der Waals surface area contributed by atoms with Gasteiger partial charge in [-0.1, -0.05) is 41.6 Å². The topological polar surface area (TPSA) is 70.4 Å². The summed E-state index contributed by atoms with van der Waals surface area (Å²) >= 11 is 0. The number of hydrogen-bond acceptors (Lipinski definition) is 6. The van der Waals surface area contributed by atoms with Gasteiger partial charge in [-0.25, -0.2) is 4.39 Å². The van der Waals surface area contributed by atoms with Crippen molar-refractivity contribution in [1.29, 1.82) is 0 Å². The Morgan fingerprint density at radius 1 is 0.930 bits per heavy atom. The van der Waals surface area contributed by atoms with Gasteiger partial charge in [0, 0.05) is 49.3 Å². The van der Waals surface area contributed by atoms with Gasteiger partial charge in [0.15, 0.2) is 0 Å². The van der Waals surface area contributed by atoms with Crippen LogP contribution in [0.2, 0.25) is 0 Å². The SMILES string of the molecule is O=C1N(CCn2cc(-c3cccnc3)nn2)CN(c2ccc(F)cc2)C12CCN([C@@H]1Cc3cccc4cccc1c34)CC2. The van der Waals surface area contributed by atoms with Gasteiger partial charge in [0.05, 0.1) is 19.4 Å². The molecule has 9 heteroatoms. The van der Waals surface area contributed by atoms with Gasteiger partial charge in [0.1, 0.15) is 17.1 Å². The van der Waals surface area contributed by atoms with E-state index in [9.17, 15) is 9.18 Å². The molecule has 1 atom stereocenters. The van der Waals surface area contributed by atoms with E-state index in [0.29, 0.717) is 25.8 Å². The van der Waals surface area contributed by atoms with Crippen molar-refractivity contribution in [1.82, 2.24) is 29.8 Å². The number of aromatic nitrogens is 4. The van der Waals surface area contributed by atoms with Gasteiger partial charge >= 0.3 is 0 Å². The smallest absolute Gasteiger partial charge is 0.250 e. The first kappa shape index (κ1) is 26.0. The summed E-state index contributed by atoms with van der Waals surface area (Å²) in [6, 6.07) is 23.9. The molecule has 5 aromatic rings. The predicted octanol–water partition coefficient (Wildman–Crippen LogP) is 5.07. The number of nitrogens with zero attached hydrogens (tertiary/aromatic N) is 7. The Balaban J connectivity index is 1.02. The van der Waals surface area contributed by atoms with E-state index in [1.54, 1.807) is 29.2 Å². The summed E-state index contributed by atoms with van der Waals surface area (Å²) in [7, 11) is 0. The molecule has 3 aliphatic rings. The first-order chi connectivity index (χ1) is 21.1. The largest absolute Gasteiger partial charge is 0.339 e. The monoisotopic (exact) mass is 573 g/mol. The first-order valence-electron chi connectivity index (χ1n) is 15.0. The van der Waals surface area contributed by atoms with E-state index in [1.165, 1.54) is 34.0 Å². The van der Waals surface area contributed by atoms with Crippen molar-refractivity contribution >= 4 is 22.4 Å². The fourth-order valence-corrected chi connectivity index (χ4v) is 7.41. The van der Waals surface area contributed by atoms with Crippen LogP contribution in [-0.4, -0.2) is 67.5 Å². The number of anilines is 1. The van der Waals surface area contributed by atoms with Crippen molar-refractivity contribution in [3.05, 3.63) is 108 Å². The number of carbonyl (C=O) groups is 1. The summed E-state index contributed by atoms with van der Waals surface area (Å²) in [6.45, 7) is 3.15. The summed E-state index contributed by atoms with van der Waals surface area (Å²) in [5.41, 5.74) is 4.69. The average molecular weight is 574 g/mol. The maximum Gasteiger partial charge on any atom is 0.250 e. The third kappa shape index (κ3) is 4.38. The standard InChI is InChI=1S/C34H32FN7O/c35-27-9-11-28(12-10-27)42-23-40(18-19-41-22-30(37-38-41)26-7-3-15-36-21-26)33(43)34(42)13-16-39(17-14-34)31-20-25-6-1-4-24-5-2-8-29(31)32(24)25/h1-12,15,21-22,31H,13-14,16-20,23H2/t31-/m1/s1. The Bertz CT molecular complexity index is 1790. The maximum absolute atomic E-state index is 14.3. The van der Waals surface area contributed by atoms with Crippen LogP contribution in [0.4, 0.5) is 10.1 Å². The van der Waals surface area contributed by atoms with Crippen LogP contribution in [0.3, 0.4) is 0 Å². The normalized spacial score (nSPS) is 19.7. The lowest BCUT2D eigenvalue weighted by Gasteiger charge is -2.45. The molecule has 0 saturated carbocycles. The summed E-state index contributed by atoms with van der Waals surface area (Å²) < 4.78 is 15.7. The van der Waals surface area contributed by atoms with E-state index >= 15 is 0 Å². The van der Waals surface area contributed by atoms with Gasteiger partial charge in [0.2, 0.25) is 5.91 Å². The van der Waals surface area contributed by atoms with Crippen LogP contribution < -0.4 is 4.90 Å². The van der Waals surface area contributed by atoms with Crippen LogP contribution in [0.25, 0.3) is 22.0 Å². The average Bonchev–Trinajstić information content (AvgIpc) is 3.75. The van der Waals surface area contributed by atoms with Gasteiger partial charge in [-0.3, -0.25) is 19.4 Å². The molecule has 3 aromatic carbocycles. The molecule has 43 heavy (non-hydrogen) atoms. The fourth-order valence-electron chi connectivity index (χ4n) is 7.41. The number of rotatable bonds is 6. The van der Waals surface area contributed by atoms with E-state index in [4.69, 9.17) is 0 Å². The van der Waals surface area contributed by atoms with Crippen LogP contribution in [-0.2, 0) is 17.8 Å². The summed E-state index contributed by atoms with van der Waals surface area (Å²) in [5.74, 6) is -0.138. The molecule has 2 aliphatic heterocycles. The fraction of sp³-hybridized carbons (Fsp3) is 0.294. The zero-order valence-electron chi connectivity index (χ0n) is 23.8. The molecular formula is C34H32FN7O. The second kappa shape index (κ2) is 10.3. The lowest BCUT2D eigenvalue weighted by Crippen LogP contribution is -2.57. The van der Waals surface area contributed by atoms with Gasteiger partial charge < -0.3 is 9.80 Å². The van der Waals surface area contributed by atoms with Crippen LogP contribution in [0, 0.1) is 5.82 Å². The van der Waals surface area contributed by atoms with Crippen LogP contribution in [0.5, 0.6) is 0 Å². The molecule has 0 radical (unpaired) electrons. The van der Waals surface area contributed by atoms with Crippen molar-refractivity contribution in [2.24, 2.45) is 0 Å². The second-order valence-electron chi connectivity index (χ2n) is 11.9. The van der Waals surface area contributed by atoms with E-state index in [2.05, 4.69) is 61.5 Å². The predicted molar refractivity (Wildman–Crippen MR) is 163 cm³/mol. The minimum atomic E-state index is -0.658. The van der Waals surface area contributed by atoms with Crippen molar-refractivity contribution in [3.63, 3.8) is 0 Å². The number of carbonyl (C=O) groups excluding carboxylic acids is 1. The number of likely N-dealkylation sites (tertiary alicyclic amines) is 1. The molecule has 4 heterocycles. The summed E-state index contributed by atoms with van der Waals surface area (Å²) in [4.78, 5) is 25.1. The summed E-state index contributed by atoms with van der Waals surface area (Å²) in [6.07, 6.45) is 7.83. The Kier molecular flexibility index (Phi) is 6.22. The number of halogens is 1. The highest BCUT2D eigenvalue weighted by molar-refractivity contribution is 5.94. The molecule has 1 spiro atoms. The number of hydrogen-bond donors (Lipinski definition) is 0. The molecule has 2 fully saturated rings. The van der Waals surface area contributed by atoms with Crippen LogP contribution >= 0.6 is 0 Å². The third-order valence-electron chi connectivity index (χ3n) is 9.61. The molecule has 1 amide bonds. The van der Waals surface area contributed by atoms with Crippen LogP contribution in [0.15, 0.2) is 91.4 Å². The van der Waals surface area contributed by atoms with E-state index in [-0.39, 0.29) is 11.7 Å². The van der Waals surface area contributed by atoms with Gasteiger partial charge in [-0.15, -0.1) is 5.10 Å². The van der Waals surface area contributed by atoms with E-state index in [1.807, 2.05) is 23.2 Å². The number of piperidine rings is 1. The Labute approximate surface area is 249 Å². The quantitative estimate of drug-likeness (QED) is 0.283. The third-order valence-corrected chi connectivity index (χ3v) is 9.61. The van der Waals surface area contributed by atoms with Gasteiger partial charge in [-0.05, 0) is 77.6 Å². The highest BCUT2D eigenvalue weighted by Crippen LogP contribution is 2.45. The Hall–Kier alpha value is -4.63. The van der Waals surface area contributed by atoms with Crippen molar-refractivity contribution in [2.75, 3.05) is 31.2 Å². The minimum Gasteiger partial charge on any atom is -0.339 e. The Morgan fingerprint density at radius 3 is 2.53 bits per heavy atom. The van der Waals surface area contributed by atoms with Crippen LogP contribution in [0.1, 0.15) is 30.0 Å². The van der Waals surface area contributed by atoms with Gasteiger partial charge in [0.25, 0.3) is 0 Å². The zero-order valence-corrected chi connectivity index (χ0v) is 23.8. The molecule has 2 saturated heterocycles. The van der Waals surface area contributed by atoms with Gasteiger partial charge in [-0.2, -0.15) is 0 Å². The molecule has 8 rings (SSSR count). The number of pyridine rings is 1. The van der Waals surface area contributed by atoms with Crippen molar-refractivity contribution < 1.29 is 9.18 Å². The molecule has 2 aromatic heterocycles. The molecule has 0 bridgehead atoms. The zero-order chi connectivity index (χ0) is 29.0. The number of benzene rings is 3. The molecule has 216 valence electrons. The van der Waals surface area contributed by atoms with Crippen molar-refractivity contribution in [2.45, 2.75) is 37.4 Å². The molecule has 1 aliphatic carbocycles.